The van der Waals surface area contributed by atoms with Gasteiger partial charge in [0.25, 0.3) is 6.17 Å². The summed E-state index contributed by atoms with van der Waals surface area (Å²) >= 11 is 1.32. The van der Waals surface area contributed by atoms with E-state index in [1.54, 1.807) is 59.5 Å². The number of rotatable bonds is 5. The number of carbonyl (C=O) groups is 2. The van der Waals surface area contributed by atoms with Crippen LogP contribution in [0.5, 0.6) is 5.75 Å². The molecule has 1 amide bonds. The van der Waals surface area contributed by atoms with Crippen molar-refractivity contribution in [1.29, 1.82) is 0 Å². The number of ether oxygens (including phenoxy) is 1. The number of nitrogens with zero attached hydrogens (tertiary/aromatic N) is 3. The molecule has 0 saturated heterocycles. The topological polar surface area (TPSA) is 96.2 Å². The van der Waals surface area contributed by atoms with Gasteiger partial charge >= 0.3 is 17.2 Å². The molecule has 0 unspecified atom stereocenters. The minimum atomic E-state index is -0.835. The molecule has 3 aromatic rings. The van der Waals surface area contributed by atoms with E-state index in [1.165, 1.54) is 30.3 Å². The minimum absolute atomic E-state index is 0.249. The highest BCUT2D eigenvalue weighted by Crippen LogP contribution is 2.39. The Morgan fingerprint density at radius 3 is 2.66 bits per heavy atom. The quantitative estimate of drug-likeness (QED) is 0.212. The van der Waals surface area contributed by atoms with Crippen LogP contribution in [0.25, 0.3) is 11.3 Å². The van der Waals surface area contributed by atoms with Crippen LogP contribution < -0.4 is 19.9 Å². The van der Waals surface area contributed by atoms with Gasteiger partial charge in [0, 0.05) is 24.7 Å². The van der Waals surface area contributed by atoms with Gasteiger partial charge in [-0.15, -0.1) is 6.58 Å². The number of benzene rings is 2. The fraction of sp³-hybridized carbons (Fsp3) is 0.174. The summed E-state index contributed by atoms with van der Waals surface area (Å²) in [6.45, 7) is 6.46. The van der Waals surface area contributed by atoms with E-state index in [9.17, 15) is 14.4 Å². The van der Waals surface area contributed by atoms with Gasteiger partial charge in [0.15, 0.2) is 0 Å². The Morgan fingerprint density at radius 1 is 1.22 bits per heavy atom. The summed E-state index contributed by atoms with van der Waals surface area (Å²) in [7, 11) is 0. The normalized spacial score (nSPS) is 14.3. The molecule has 8 nitrogen and oxygen atoms in total. The van der Waals surface area contributed by atoms with E-state index >= 15 is 0 Å². The van der Waals surface area contributed by atoms with E-state index in [4.69, 9.17) is 4.74 Å². The Kier molecular flexibility index (Phi) is 5.91. The van der Waals surface area contributed by atoms with E-state index in [0.29, 0.717) is 33.4 Å². The van der Waals surface area contributed by atoms with E-state index in [2.05, 4.69) is 16.7 Å². The van der Waals surface area contributed by atoms with Crippen molar-refractivity contribution in [1.82, 2.24) is 10.1 Å². The third-order valence-corrected chi connectivity index (χ3v) is 5.75. The Labute approximate surface area is 188 Å². The molecular weight excluding hydrogens is 428 g/mol. The van der Waals surface area contributed by atoms with Gasteiger partial charge in [0.2, 0.25) is 11.1 Å². The van der Waals surface area contributed by atoms with Crippen molar-refractivity contribution in [2.75, 3.05) is 10.7 Å². The predicted octanol–water partition coefficient (Wildman–Crippen LogP) is 2.84. The molecule has 0 radical (unpaired) electrons. The van der Waals surface area contributed by atoms with Crippen molar-refractivity contribution >= 4 is 29.3 Å². The summed E-state index contributed by atoms with van der Waals surface area (Å²) in [5, 5.41) is 5.05. The van der Waals surface area contributed by atoms with Gasteiger partial charge in [-0.1, -0.05) is 42.1 Å². The summed E-state index contributed by atoms with van der Waals surface area (Å²) in [6.07, 6.45) is 0.873. The van der Waals surface area contributed by atoms with E-state index in [1.807, 2.05) is 0 Å². The second kappa shape index (κ2) is 8.80. The maximum Gasteiger partial charge on any atom is 0.325 e. The van der Waals surface area contributed by atoms with E-state index in [-0.39, 0.29) is 17.2 Å². The number of para-hydroxylation sites is 2. The molecule has 32 heavy (non-hydrogen) atoms. The summed E-state index contributed by atoms with van der Waals surface area (Å²) in [5.74, 6) is 0.0932. The van der Waals surface area contributed by atoms with Crippen LogP contribution in [0.1, 0.15) is 25.6 Å². The SMILES string of the molecule is C=CCSc1n[n+]2c(c(=O)[nH]1)-c1ccccc1N(C(C)=O)[C@@H]2c1ccccc1OC(C)=O. The first-order chi connectivity index (χ1) is 15.4. The van der Waals surface area contributed by atoms with Gasteiger partial charge in [-0.05, 0) is 28.9 Å². The number of hydrogen-bond donors (Lipinski definition) is 1. The molecule has 1 N–H and O–H groups in total. The molecule has 1 aliphatic heterocycles. The molecule has 2 aromatic carbocycles. The molecule has 9 heteroatoms. The lowest BCUT2D eigenvalue weighted by Crippen LogP contribution is -2.60. The number of aromatic amines is 1. The minimum Gasteiger partial charge on any atom is -0.426 e. The number of fused-ring (bicyclic) bond motifs is 3. The Balaban J connectivity index is 2.05. The fourth-order valence-electron chi connectivity index (χ4n) is 3.74. The lowest BCUT2D eigenvalue weighted by Gasteiger charge is -2.31. The number of hydrogen-bond acceptors (Lipinski definition) is 6. The number of carbonyl (C=O) groups excluding carboxylic acids is 2. The van der Waals surface area contributed by atoms with Crippen molar-refractivity contribution < 1.29 is 19.0 Å². The zero-order chi connectivity index (χ0) is 22.8. The smallest absolute Gasteiger partial charge is 0.325 e. The van der Waals surface area contributed by atoms with Crippen molar-refractivity contribution in [2.45, 2.75) is 25.2 Å². The van der Waals surface area contributed by atoms with Crippen LogP contribution in [0.3, 0.4) is 0 Å². The number of aromatic nitrogens is 3. The first kappa shape index (κ1) is 21.5. The molecule has 2 heterocycles. The van der Waals surface area contributed by atoms with Crippen molar-refractivity contribution in [2.24, 2.45) is 0 Å². The lowest BCUT2D eigenvalue weighted by molar-refractivity contribution is -0.763. The number of esters is 1. The summed E-state index contributed by atoms with van der Waals surface area (Å²) < 4.78 is 6.96. The fourth-order valence-corrected chi connectivity index (χ4v) is 4.32. The first-order valence-electron chi connectivity index (χ1n) is 9.88. The largest absolute Gasteiger partial charge is 0.426 e. The number of nitrogens with one attached hydrogen (secondary N) is 1. The molecule has 162 valence electrons. The van der Waals surface area contributed by atoms with Crippen LogP contribution in [0.15, 0.2) is 71.1 Å². The molecule has 1 atom stereocenters. The number of anilines is 1. The second-order valence-corrected chi connectivity index (χ2v) is 8.07. The molecular formula is C23H21N4O4S+. The summed E-state index contributed by atoms with van der Waals surface area (Å²) in [6, 6.07) is 14.1. The second-order valence-electron chi connectivity index (χ2n) is 7.06. The Morgan fingerprint density at radius 2 is 1.94 bits per heavy atom. The molecule has 1 aromatic heterocycles. The van der Waals surface area contributed by atoms with Crippen LogP contribution in [-0.2, 0) is 9.59 Å². The van der Waals surface area contributed by atoms with Gasteiger partial charge in [0.1, 0.15) is 5.75 Å². The molecule has 4 rings (SSSR count). The van der Waals surface area contributed by atoms with Gasteiger partial charge in [-0.2, -0.15) is 0 Å². The average Bonchev–Trinajstić information content (AvgIpc) is 2.76. The Hall–Kier alpha value is -3.72. The molecule has 0 aliphatic carbocycles. The van der Waals surface area contributed by atoms with Crippen molar-refractivity contribution in [3.05, 3.63) is 77.1 Å². The van der Waals surface area contributed by atoms with E-state index in [0.717, 1.165) is 0 Å². The van der Waals surface area contributed by atoms with Gasteiger partial charge in [0.05, 0.1) is 16.8 Å². The first-order valence-corrected chi connectivity index (χ1v) is 10.9. The zero-order valence-corrected chi connectivity index (χ0v) is 18.4. The highest BCUT2D eigenvalue weighted by molar-refractivity contribution is 7.99. The van der Waals surface area contributed by atoms with Crippen LogP contribution >= 0.6 is 11.8 Å². The average molecular weight is 450 g/mol. The lowest BCUT2D eigenvalue weighted by atomic mass is 10.0. The molecule has 0 bridgehead atoms. The summed E-state index contributed by atoms with van der Waals surface area (Å²) in [4.78, 5) is 42.2. The monoisotopic (exact) mass is 449 g/mol. The molecule has 0 saturated carbocycles. The maximum atomic E-state index is 13.2. The standard InChI is InChI=1S/C23H20N4O4S/c1-4-13-32-23-24-21(30)20-16-9-5-7-11-18(16)26(14(2)28)22(27(20)25-23)17-10-6-8-12-19(17)31-15(3)29/h4-12,22H,1,13H2,2-3H3/p+1/t22-/m0/s1. The molecule has 0 fully saturated rings. The van der Waals surface area contributed by atoms with Crippen LogP contribution in [0, 0.1) is 0 Å². The van der Waals surface area contributed by atoms with Gasteiger partial charge in [-0.3, -0.25) is 19.4 Å². The van der Waals surface area contributed by atoms with Crippen LogP contribution in [0.2, 0.25) is 0 Å². The highest BCUT2D eigenvalue weighted by Gasteiger charge is 2.46. The number of H-pyrrole nitrogens is 1. The van der Waals surface area contributed by atoms with Gasteiger partial charge in [-0.25, -0.2) is 4.90 Å². The highest BCUT2D eigenvalue weighted by atomic mass is 32.2. The third-order valence-electron chi connectivity index (χ3n) is 4.89. The van der Waals surface area contributed by atoms with E-state index < -0.39 is 12.1 Å². The molecule has 1 aliphatic rings. The van der Waals surface area contributed by atoms with Crippen LogP contribution in [0.4, 0.5) is 5.69 Å². The van der Waals surface area contributed by atoms with Crippen molar-refractivity contribution in [3.8, 4) is 17.0 Å². The predicted molar refractivity (Wildman–Crippen MR) is 120 cm³/mol. The number of amides is 1. The number of thioether (sulfide) groups is 1. The van der Waals surface area contributed by atoms with Gasteiger partial charge < -0.3 is 4.74 Å². The Bertz CT molecular complexity index is 1290. The maximum absolute atomic E-state index is 13.2. The van der Waals surface area contributed by atoms with Crippen LogP contribution in [-0.4, -0.2) is 27.7 Å². The summed E-state index contributed by atoms with van der Waals surface area (Å²) in [5.41, 5.74) is 1.65. The third kappa shape index (κ3) is 3.82. The molecule has 0 spiro atoms. The van der Waals surface area contributed by atoms with Crippen molar-refractivity contribution in [3.63, 3.8) is 0 Å². The zero-order valence-electron chi connectivity index (χ0n) is 17.6.